The molecule has 0 unspecified atom stereocenters. The van der Waals surface area contributed by atoms with E-state index in [1.807, 2.05) is 24.3 Å². The average Bonchev–Trinajstić information content (AvgIpc) is 2.85. The van der Waals surface area contributed by atoms with Gasteiger partial charge in [0.05, 0.1) is 0 Å². The predicted octanol–water partition coefficient (Wildman–Crippen LogP) is 2.92. The van der Waals surface area contributed by atoms with E-state index in [0.717, 1.165) is 23.4 Å². The van der Waals surface area contributed by atoms with Crippen molar-refractivity contribution in [3.63, 3.8) is 0 Å². The zero-order chi connectivity index (χ0) is 13.7. The van der Waals surface area contributed by atoms with Gasteiger partial charge in [-0.05, 0) is 18.6 Å². The Kier molecular flexibility index (Phi) is 4.46. The molecule has 0 spiro atoms. The fraction of sp³-hybridized carbons (Fsp3) is 0.308. The Balaban J connectivity index is 2.05. The van der Waals surface area contributed by atoms with Gasteiger partial charge in [-0.25, -0.2) is 0 Å². The zero-order valence-corrected chi connectivity index (χ0v) is 11.5. The molecule has 0 saturated carbocycles. The van der Waals surface area contributed by atoms with Gasteiger partial charge < -0.3 is 11.1 Å². The average molecular weight is 276 g/mol. The minimum atomic E-state index is -0.0166. The standard InChI is InChI=1S/C13H16N4OS/c1-2-3-7-11(18)15-13-17-16-12(19-13)9-5-4-6-10(14)8-9/h4-6,8H,2-3,7,14H2,1H3,(H,15,17,18). The van der Waals surface area contributed by atoms with Gasteiger partial charge >= 0.3 is 0 Å². The van der Waals surface area contributed by atoms with Gasteiger partial charge in [0, 0.05) is 17.7 Å². The second-order valence-corrected chi connectivity index (χ2v) is 5.17. The van der Waals surface area contributed by atoms with Crippen LogP contribution in [-0.2, 0) is 4.79 Å². The summed E-state index contributed by atoms with van der Waals surface area (Å²) in [7, 11) is 0. The molecule has 2 aromatic rings. The number of anilines is 2. The molecule has 0 saturated heterocycles. The van der Waals surface area contributed by atoms with Crippen molar-refractivity contribution in [1.82, 2.24) is 10.2 Å². The van der Waals surface area contributed by atoms with Crippen LogP contribution in [0.25, 0.3) is 10.6 Å². The Morgan fingerprint density at radius 1 is 1.42 bits per heavy atom. The normalized spacial score (nSPS) is 10.4. The number of aromatic nitrogens is 2. The molecular weight excluding hydrogens is 260 g/mol. The Morgan fingerprint density at radius 2 is 2.26 bits per heavy atom. The first-order valence-electron chi connectivity index (χ1n) is 6.18. The summed E-state index contributed by atoms with van der Waals surface area (Å²) >= 11 is 1.35. The monoisotopic (exact) mass is 276 g/mol. The van der Waals surface area contributed by atoms with Crippen LogP contribution in [0.15, 0.2) is 24.3 Å². The van der Waals surface area contributed by atoms with E-state index in [-0.39, 0.29) is 5.91 Å². The summed E-state index contributed by atoms with van der Waals surface area (Å²) in [6.45, 7) is 2.05. The van der Waals surface area contributed by atoms with E-state index in [4.69, 9.17) is 5.73 Å². The highest BCUT2D eigenvalue weighted by molar-refractivity contribution is 7.18. The number of nitrogen functional groups attached to an aromatic ring is 1. The van der Waals surface area contributed by atoms with Crippen molar-refractivity contribution < 1.29 is 4.79 Å². The number of hydrogen-bond donors (Lipinski definition) is 2. The smallest absolute Gasteiger partial charge is 0.226 e. The van der Waals surface area contributed by atoms with E-state index in [9.17, 15) is 4.79 Å². The Hall–Kier alpha value is -1.95. The number of nitrogens with zero attached hydrogens (tertiary/aromatic N) is 2. The highest BCUT2D eigenvalue weighted by atomic mass is 32.1. The number of benzene rings is 1. The first kappa shape index (κ1) is 13.5. The summed E-state index contributed by atoms with van der Waals surface area (Å²) in [5.41, 5.74) is 7.32. The summed E-state index contributed by atoms with van der Waals surface area (Å²) in [5, 5.41) is 12.1. The molecule has 3 N–H and O–H groups in total. The van der Waals surface area contributed by atoms with Gasteiger partial charge in [0.2, 0.25) is 11.0 Å². The summed E-state index contributed by atoms with van der Waals surface area (Å²) in [4.78, 5) is 11.6. The molecular formula is C13H16N4OS. The Bertz CT molecular complexity index is 567. The van der Waals surface area contributed by atoms with Crippen LogP contribution < -0.4 is 11.1 Å². The largest absolute Gasteiger partial charge is 0.399 e. The van der Waals surface area contributed by atoms with Crippen LogP contribution in [0.5, 0.6) is 0 Å². The highest BCUT2D eigenvalue weighted by Crippen LogP contribution is 2.27. The number of amides is 1. The van der Waals surface area contributed by atoms with E-state index in [2.05, 4.69) is 22.4 Å². The van der Waals surface area contributed by atoms with Crippen LogP contribution >= 0.6 is 11.3 Å². The minimum Gasteiger partial charge on any atom is -0.399 e. The molecule has 0 aliphatic carbocycles. The van der Waals surface area contributed by atoms with Gasteiger partial charge in [0.25, 0.3) is 0 Å². The maximum absolute atomic E-state index is 11.6. The molecule has 0 aliphatic rings. The number of rotatable bonds is 5. The molecule has 0 radical (unpaired) electrons. The topological polar surface area (TPSA) is 80.9 Å². The molecule has 1 aromatic heterocycles. The molecule has 1 aromatic carbocycles. The molecule has 0 fully saturated rings. The second-order valence-electron chi connectivity index (χ2n) is 4.19. The van der Waals surface area contributed by atoms with Crippen molar-refractivity contribution in [2.24, 2.45) is 0 Å². The van der Waals surface area contributed by atoms with Crippen molar-refractivity contribution in [1.29, 1.82) is 0 Å². The number of carbonyl (C=O) groups excluding carboxylic acids is 1. The molecule has 0 bridgehead atoms. The summed E-state index contributed by atoms with van der Waals surface area (Å²) in [6, 6.07) is 7.44. The maximum atomic E-state index is 11.6. The van der Waals surface area contributed by atoms with Crippen LogP contribution in [0.2, 0.25) is 0 Å². The van der Waals surface area contributed by atoms with Crippen molar-refractivity contribution in [2.75, 3.05) is 11.1 Å². The molecule has 19 heavy (non-hydrogen) atoms. The third-order valence-corrected chi connectivity index (χ3v) is 3.45. The number of nitrogens with two attached hydrogens (primary N) is 1. The fourth-order valence-electron chi connectivity index (χ4n) is 1.58. The molecule has 1 heterocycles. The third kappa shape index (κ3) is 3.75. The summed E-state index contributed by atoms with van der Waals surface area (Å²) < 4.78 is 0. The van der Waals surface area contributed by atoms with Gasteiger partial charge in [-0.3, -0.25) is 4.79 Å². The number of carbonyl (C=O) groups is 1. The summed E-state index contributed by atoms with van der Waals surface area (Å²) in [5.74, 6) is -0.0166. The van der Waals surface area contributed by atoms with Gasteiger partial charge in [0.1, 0.15) is 5.01 Å². The summed E-state index contributed by atoms with van der Waals surface area (Å²) in [6.07, 6.45) is 2.40. The van der Waals surface area contributed by atoms with E-state index < -0.39 is 0 Å². The van der Waals surface area contributed by atoms with E-state index in [1.165, 1.54) is 11.3 Å². The van der Waals surface area contributed by atoms with Crippen LogP contribution in [0.4, 0.5) is 10.8 Å². The van der Waals surface area contributed by atoms with E-state index >= 15 is 0 Å². The van der Waals surface area contributed by atoms with Crippen LogP contribution in [0.1, 0.15) is 26.2 Å². The van der Waals surface area contributed by atoms with Crippen molar-refractivity contribution in [3.05, 3.63) is 24.3 Å². The molecule has 2 rings (SSSR count). The van der Waals surface area contributed by atoms with Gasteiger partial charge in [-0.2, -0.15) is 0 Å². The Labute approximate surface area is 115 Å². The number of nitrogens with one attached hydrogen (secondary N) is 1. The molecule has 6 heteroatoms. The first-order valence-corrected chi connectivity index (χ1v) is 7.00. The van der Waals surface area contributed by atoms with Crippen molar-refractivity contribution >= 4 is 28.1 Å². The van der Waals surface area contributed by atoms with Crippen molar-refractivity contribution in [2.45, 2.75) is 26.2 Å². The molecule has 1 amide bonds. The van der Waals surface area contributed by atoms with E-state index in [1.54, 1.807) is 0 Å². The molecule has 100 valence electrons. The SMILES string of the molecule is CCCCC(=O)Nc1nnc(-c2cccc(N)c2)s1. The van der Waals surface area contributed by atoms with Gasteiger partial charge in [0.15, 0.2) is 0 Å². The van der Waals surface area contributed by atoms with Crippen LogP contribution in [0.3, 0.4) is 0 Å². The second kappa shape index (κ2) is 6.29. The zero-order valence-electron chi connectivity index (χ0n) is 10.7. The number of unbranched alkanes of at least 4 members (excludes halogenated alkanes) is 1. The number of hydrogen-bond acceptors (Lipinski definition) is 5. The third-order valence-electron chi connectivity index (χ3n) is 2.56. The lowest BCUT2D eigenvalue weighted by atomic mass is 10.2. The van der Waals surface area contributed by atoms with Gasteiger partial charge in [-0.1, -0.05) is 36.8 Å². The highest BCUT2D eigenvalue weighted by Gasteiger charge is 2.09. The Morgan fingerprint density at radius 3 is 3.00 bits per heavy atom. The molecule has 0 atom stereocenters. The van der Waals surface area contributed by atoms with E-state index in [0.29, 0.717) is 17.2 Å². The van der Waals surface area contributed by atoms with Crippen LogP contribution in [-0.4, -0.2) is 16.1 Å². The first-order chi connectivity index (χ1) is 9.19. The molecule has 0 aliphatic heterocycles. The lowest BCUT2D eigenvalue weighted by Crippen LogP contribution is -2.10. The maximum Gasteiger partial charge on any atom is 0.226 e. The quantitative estimate of drug-likeness (QED) is 0.823. The molecule has 5 nitrogen and oxygen atoms in total. The van der Waals surface area contributed by atoms with Gasteiger partial charge in [-0.15, -0.1) is 10.2 Å². The van der Waals surface area contributed by atoms with Crippen LogP contribution in [0, 0.1) is 0 Å². The predicted molar refractivity (Wildman–Crippen MR) is 77.9 cm³/mol. The van der Waals surface area contributed by atoms with Crippen molar-refractivity contribution in [3.8, 4) is 10.6 Å². The lowest BCUT2D eigenvalue weighted by Gasteiger charge is -1.98. The minimum absolute atomic E-state index is 0.0166. The fourth-order valence-corrected chi connectivity index (χ4v) is 2.34. The lowest BCUT2D eigenvalue weighted by molar-refractivity contribution is -0.116.